The molecule has 28 heavy (non-hydrogen) atoms. The third-order valence-corrected chi connectivity index (χ3v) is 4.19. The van der Waals surface area contributed by atoms with E-state index in [0.29, 0.717) is 22.2 Å². The fourth-order valence-corrected chi connectivity index (χ4v) is 2.86. The Hall–Kier alpha value is -3.68. The molecule has 4 aromatic rings. The van der Waals surface area contributed by atoms with Crippen molar-refractivity contribution in [2.45, 2.75) is 6.92 Å². The van der Waals surface area contributed by atoms with Gasteiger partial charge in [0.1, 0.15) is 22.8 Å². The van der Waals surface area contributed by atoms with E-state index in [2.05, 4.69) is 15.3 Å². The summed E-state index contributed by atoms with van der Waals surface area (Å²) < 4.78 is 45.6. The number of rotatable bonds is 3. The SMILES string of the molecule is Cc1cc2oc(F)cc2cc1-c1cnc(NC(=O)c2c(F)cccc2F)cn1. The predicted molar refractivity (Wildman–Crippen MR) is 96.2 cm³/mol. The van der Waals surface area contributed by atoms with Crippen LogP contribution >= 0.6 is 0 Å². The first-order chi connectivity index (χ1) is 13.4. The summed E-state index contributed by atoms with van der Waals surface area (Å²) in [6.45, 7) is 1.81. The molecule has 2 heterocycles. The van der Waals surface area contributed by atoms with Crippen LogP contribution in [0.1, 0.15) is 15.9 Å². The summed E-state index contributed by atoms with van der Waals surface area (Å²) in [5.41, 5.74) is 1.70. The van der Waals surface area contributed by atoms with Crippen LogP contribution in [0.4, 0.5) is 19.0 Å². The molecule has 0 saturated heterocycles. The minimum Gasteiger partial charge on any atom is -0.431 e. The zero-order valence-electron chi connectivity index (χ0n) is 14.5. The number of aryl methyl sites for hydroxylation is 1. The van der Waals surface area contributed by atoms with Gasteiger partial charge < -0.3 is 9.73 Å². The summed E-state index contributed by atoms with van der Waals surface area (Å²) >= 11 is 0. The van der Waals surface area contributed by atoms with Crippen LogP contribution in [0.3, 0.4) is 0 Å². The molecule has 2 aromatic heterocycles. The Morgan fingerprint density at radius 3 is 2.46 bits per heavy atom. The van der Waals surface area contributed by atoms with Crippen LogP contribution in [0.2, 0.25) is 0 Å². The van der Waals surface area contributed by atoms with E-state index in [9.17, 15) is 18.0 Å². The number of halogens is 3. The highest BCUT2D eigenvalue weighted by atomic mass is 19.1. The molecule has 1 amide bonds. The Labute approximate surface area is 156 Å². The quantitative estimate of drug-likeness (QED) is 0.548. The maximum absolute atomic E-state index is 13.7. The van der Waals surface area contributed by atoms with Crippen LogP contribution in [0.15, 0.2) is 53.2 Å². The average Bonchev–Trinajstić information content (AvgIpc) is 3.00. The zero-order valence-corrected chi connectivity index (χ0v) is 14.5. The van der Waals surface area contributed by atoms with E-state index < -0.39 is 29.1 Å². The number of benzene rings is 2. The number of carbonyl (C=O) groups is 1. The van der Waals surface area contributed by atoms with E-state index in [0.717, 1.165) is 17.7 Å². The number of aromatic nitrogens is 2. The number of nitrogens with one attached hydrogen (secondary N) is 1. The highest BCUT2D eigenvalue weighted by Crippen LogP contribution is 2.28. The predicted octanol–water partition coefficient (Wildman–Crippen LogP) is 4.87. The van der Waals surface area contributed by atoms with Crippen LogP contribution in [-0.4, -0.2) is 15.9 Å². The average molecular weight is 383 g/mol. The molecule has 0 bridgehead atoms. The molecular weight excluding hydrogens is 371 g/mol. The molecule has 0 fully saturated rings. The van der Waals surface area contributed by atoms with Crippen molar-refractivity contribution >= 4 is 22.7 Å². The van der Waals surface area contributed by atoms with Gasteiger partial charge in [0.2, 0.25) is 0 Å². The maximum atomic E-state index is 13.7. The Bertz CT molecular complexity index is 1180. The molecule has 2 aromatic carbocycles. The fraction of sp³-hybridized carbons (Fsp3) is 0.0500. The molecule has 5 nitrogen and oxygen atoms in total. The van der Waals surface area contributed by atoms with Crippen molar-refractivity contribution in [2.75, 3.05) is 5.32 Å². The Morgan fingerprint density at radius 2 is 1.79 bits per heavy atom. The number of hydrogen-bond donors (Lipinski definition) is 1. The minimum atomic E-state index is -0.974. The second-order valence-electron chi connectivity index (χ2n) is 6.09. The van der Waals surface area contributed by atoms with Crippen molar-refractivity contribution in [3.63, 3.8) is 0 Å². The van der Waals surface area contributed by atoms with Gasteiger partial charge >= 0.3 is 0 Å². The summed E-state index contributed by atoms with van der Waals surface area (Å²) in [6, 6.07) is 7.13. The summed E-state index contributed by atoms with van der Waals surface area (Å²) in [4.78, 5) is 20.4. The van der Waals surface area contributed by atoms with Crippen LogP contribution in [-0.2, 0) is 0 Å². The van der Waals surface area contributed by atoms with E-state index >= 15 is 0 Å². The van der Waals surface area contributed by atoms with Gasteiger partial charge in [-0.15, -0.1) is 0 Å². The van der Waals surface area contributed by atoms with Crippen LogP contribution in [0, 0.1) is 24.6 Å². The van der Waals surface area contributed by atoms with E-state index in [1.165, 1.54) is 24.5 Å². The summed E-state index contributed by atoms with van der Waals surface area (Å²) in [5, 5.41) is 2.89. The smallest absolute Gasteiger partial charge is 0.278 e. The molecule has 0 aliphatic rings. The van der Waals surface area contributed by atoms with E-state index in [4.69, 9.17) is 4.42 Å². The normalized spacial score (nSPS) is 11.0. The lowest BCUT2D eigenvalue weighted by Gasteiger charge is -2.08. The number of carbonyl (C=O) groups excluding carboxylic acids is 1. The van der Waals surface area contributed by atoms with Gasteiger partial charge in [-0.3, -0.25) is 9.78 Å². The molecule has 0 saturated carbocycles. The maximum Gasteiger partial charge on any atom is 0.278 e. The Balaban J connectivity index is 1.61. The molecular formula is C20H12F3N3O2. The number of fused-ring (bicyclic) bond motifs is 1. The monoisotopic (exact) mass is 383 g/mol. The molecule has 8 heteroatoms. The van der Waals surface area contributed by atoms with Crippen molar-refractivity contribution < 1.29 is 22.4 Å². The first-order valence-corrected chi connectivity index (χ1v) is 8.20. The van der Waals surface area contributed by atoms with E-state index in [1.54, 1.807) is 12.1 Å². The first-order valence-electron chi connectivity index (χ1n) is 8.20. The van der Waals surface area contributed by atoms with Crippen molar-refractivity contribution in [3.8, 4) is 11.3 Å². The Morgan fingerprint density at radius 1 is 1.04 bits per heavy atom. The van der Waals surface area contributed by atoms with Gasteiger partial charge in [-0.25, -0.2) is 13.8 Å². The summed E-state index contributed by atoms with van der Waals surface area (Å²) in [5.74, 6) is -2.88. The van der Waals surface area contributed by atoms with Crippen molar-refractivity contribution in [3.05, 3.63) is 77.6 Å². The lowest BCUT2D eigenvalue weighted by atomic mass is 10.0. The molecule has 0 atom stereocenters. The van der Waals surface area contributed by atoms with Crippen molar-refractivity contribution in [1.29, 1.82) is 0 Å². The molecule has 1 N–H and O–H groups in total. The number of anilines is 1. The van der Waals surface area contributed by atoms with Gasteiger partial charge in [-0.05, 0) is 36.8 Å². The number of furan rings is 1. The molecule has 0 radical (unpaired) electrons. The number of hydrogen-bond acceptors (Lipinski definition) is 4. The largest absolute Gasteiger partial charge is 0.431 e. The third-order valence-electron chi connectivity index (χ3n) is 4.19. The second-order valence-corrected chi connectivity index (χ2v) is 6.09. The standard InChI is InChI=1S/C20H12F3N3O2/c1-10-5-16-11(7-17(23)28-16)6-12(10)15-8-25-18(9-24-15)26-20(27)19-13(21)3-2-4-14(19)22/h2-9H,1H3,(H,25,26,27). The molecule has 0 aliphatic heterocycles. The third kappa shape index (κ3) is 3.20. The van der Waals surface area contributed by atoms with Crippen LogP contribution < -0.4 is 5.32 Å². The highest BCUT2D eigenvalue weighted by molar-refractivity contribution is 6.04. The molecule has 0 aliphatic carbocycles. The van der Waals surface area contributed by atoms with Gasteiger partial charge in [0.05, 0.1) is 18.1 Å². The van der Waals surface area contributed by atoms with Crippen LogP contribution in [0.25, 0.3) is 22.2 Å². The van der Waals surface area contributed by atoms with Gasteiger partial charge in [-0.1, -0.05) is 6.07 Å². The molecule has 4 rings (SSSR count). The van der Waals surface area contributed by atoms with Crippen molar-refractivity contribution in [2.24, 2.45) is 0 Å². The second kappa shape index (κ2) is 6.80. The molecule has 0 unspecified atom stereocenters. The van der Waals surface area contributed by atoms with Gasteiger partial charge in [0.25, 0.3) is 11.9 Å². The topological polar surface area (TPSA) is 68.0 Å². The van der Waals surface area contributed by atoms with Crippen molar-refractivity contribution in [1.82, 2.24) is 9.97 Å². The highest BCUT2D eigenvalue weighted by Gasteiger charge is 2.18. The van der Waals surface area contributed by atoms with Gasteiger partial charge in [0, 0.05) is 17.0 Å². The number of amides is 1. The first kappa shape index (κ1) is 17.7. The van der Waals surface area contributed by atoms with Gasteiger partial charge in [-0.2, -0.15) is 4.39 Å². The minimum absolute atomic E-state index is 0.0319. The van der Waals surface area contributed by atoms with E-state index in [-0.39, 0.29) is 5.82 Å². The fourth-order valence-electron chi connectivity index (χ4n) is 2.86. The van der Waals surface area contributed by atoms with E-state index in [1.807, 2.05) is 6.92 Å². The van der Waals surface area contributed by atoms with Crippen LogP contribution in [0.5, 0.6) is 0 Å². The summed E-state index contributed by atoms with van der Waals surface area (Å²) in [7, 11) is 0. The molecule has 140 valence electrons. The lowest BCUT2D eigenvalue weighted by Crippen LogP contribution is -2.16. The Kier molecular flexibility index (Phi) is 4.31. The molecule has 0 spiro atoms. The number of nitrogens with zero attached hydrogens (tertiary/aromatic N) is 2. The van der Waals surface area contributed by atoms with Gasteiger partial charge in [0.15, 0.2) is 5.82 Å². The lowest BCUT2D eigenvalue weighted by molar-refractivity contribution is 0.101. The zero-order chi connectivity index (χ0) is 19.8. The summed E-state index contributed by atoms with van der Waals surface area (Å²) in [6.07, 6.45) is 2.67.